The highest BCUT2D eigenvalue weighted by atomic mass is 16.1. The molecular formula is C11H11NO. The number of hydrogen-bond donors (Lipinski definition) is 0. The van der Waals surface area contributed by atoms with Gasteiger partial charge >= 0.3 is 0 Å². The minimum atomic E-state index is 0.114. The number of aromatic nitrogens is 1. The van der Waals surface area contributed by atoms with E-state index in [9.17, 15) is 4.79 Å². The first-order chi connectivity index (χ1) is 6.34. The predicted molar refractivity (Wildman–Crippen MR) is 51.3 cm³/mol. The highest BCUT2D eigenvalue weighted by molar-refractivity contribution is 5.95. The van der Waals surface area contributed by atoms with E-state index in [4.69, 9.17) is 6.42 Å². The summed E-state index contributed by atoms with van der Waals surface area (Å²) >= 11 is 0. The Labute approximate surface area is 78.0 Å². The van der Waals surface area contributed by atoms with Crippen molar-refractivity contribution < 1.29 is 4.79 Å². The van der Waals surface area contributed by atoms with Crippen molar-refractivity contribution in [1.29, 1.82) is 0 Å². The molecule has 1 aromatic rings. The summed E-state index contributed by atoms with van der Waals surface area (Å²) in [4.78, 5) is 15.3. The molecule has 0 radical (unpaired) electrons. The third-order valence-corrected chi connectivity index (χ3v) is 1.71. The molecular weight excluding hydrogens is 162 g/mol. The maximum absolute atomic E-state index is 11.4. The van der Waals surface area contributed by atoms with E-state index in [2.05, 4.69) is 10.9 Å². The van der Waals surface area contributed by atoms with Crippen LogP contribution in [0, 0.1) is 12.3 Å². The second-order valence-corrected chi connectivity index (χ2v) is 2.72. The summed E-state index contributed by atoms with van der Waals surface area (Å²) < 4.78 is 0. The summed E-state index contributed by atoms with van der Waals surface area (Å²) in [6.45, 7) is 0. The SMILES string of the molecule is C#CCCCC(=O)c1cccnc1. The Hall–Kier alpha value is -1.62. The fourth-order valence-corrected chi connectivity index (χ4v) is 1.02. The van der Waals surface area contributed by atoms with Crippen LogP contribution in [0.4, 0.5) is 0 Å². The van der Waals surface area contributed by atoms with Gasteiger partial charge in [-0.15, -0.1) is 12.3 Å². The molecule has 1 rings (SSSR count). The first-order valence-electron chi connectivity index (χ1n) is 4.21. The van der Waals surface area contributed by atoms with Gasteiger partial charge in [-0.3, -0.25) is 9.78 Å². The van der Waals surface area contributed by atoms with Crippen LogP contribution in [0.15, 0.2) is 24.5 Å². The van der Waals surface area contributed by atoms with Gasteiger partial charge in [0.15, 0.2) is 5.78 Å². The number of pyridine rings is 1. The summed E-state index contributed by atoms with van der Waals surface area (Å²) in [5.74, 6) is 2.62. The topological polar surface area (TPSA) is 30.0 Å². The van der Waals surface area contributed by atoms with Crippen molar-refractivity contribution in [3.63, 3.8) is 0 Å². The second-order valence-electron chi connectivity index (χ2n) is 2.72. The average molecular weight is 173 g/mol. The van der Waals surface area contributed by atoms with Crippen molar-refractivity contribution in [2.24, 2.45) is 0 Å². The van der Waals surface area contributed by atoms with E-state index in [0.717, 1.165) is 6.42 Å². The molecule has 0 amide bonds. The summed E-state index contributed by atoms with van der Waals surface area (Å²) in [5, 5.41) is 0. The second kappa shape index (κ2) is 5.10. The van der Waals surface area contributed by atoms with Crippen molar-refractivity contribution in [3.05, 3.63) is 30.1 Å². The Balaban J connectivity index is 2.46. The molecule has 0 spiro atoms. The van der Waals surface area contributed by atoms with Gasteiger partial charge in [-0.1, -0.05) is 0 Å². The summed E-state index contributed by atoms with van der Waals surface area (Å²) in [5.41, 5.74) is 0.666. The first kappa shape index (κ1) is 9.47. The van der Waals surface area contributed by atoms with E-state index in [1.54, 1.807) is 24.5 Å². The summed E-state index contributed by atoms with van der Waals surface area (Å²) in [6, 6.07) is 3.53. The van der Waals surface area contributed by atoms with Crippen LogP contribution in [-0.4, -0.2) is 10.8 Å². The molecule has 0 fully saturated rings. The van der Waals surface area contributed by atoms with Crippen LogP contribution in [-0.2, 0) is 0 Å². The van der Waals surface area contributed by atoms with Gasteiger partial charge in [-0.25, -0.2) is 0 Å². The smallest absolute Gasteiger partial charge is 0.164 e. The number of carbonyl (C=O) groups excluding carboxylic acids is 1. The van der Waals surface area contributed by atoms with Crippen LogP contribution in [0.3, 0.4) is 0 Å². The lowest BCUT2D eigenvalue weighted by Crippen LogP contribution is -1.98. The van der Waals surface area contributed by atoms with E-state index in [1.807, 2.05) is 0 Å². The molecule has 2 nitrogen and oxygen atoms in total. The Bertz CT molecular complexity index is 311. The number of Topliss-reactive ketones (excluding diaryl/α,β-unsaturated/α-hetero) is 1. The number of ketones is 1. The van der Waals surface area contributed by atoms with Crippen molar-refractivity contribution in [2.75, 3.05) is 0 Å². The Morgan fingerprint density at radius 1 is 1.62 bits per heavy atom. The Kier molecular flexibility index (Phi) is 3.72. The number of hydrogen-bond acceptors (Lipinski definition) is 2. The van der Waals surface area contributed by atoms with Crippen LogP contribution in [0.5, 0.6) is 0 Å². The summed E-state index contributed by atoms with van der Waals surface area (Å²) in [7, 11) is 0. The molecule has 0 aliphatic rings. The Morgan fingerprint density at radius 3 is 3.08 bits per heavy atom. The van der Waals surface area contributed by atoms with Crippen molar-refractivity contribution >= 4 is 5.78 Å². The molecule has 0 saturated heterocycles. The fraction of sp³-hybridized carbons (Fsp3) is 0.273. The Morgan fingerprint density at radius 2 is 2.46 bits per heavy atom. The molecule has 0 atom stereocenters. The number of unbranched alkanes of at least 4 members (excludes halogenated alkanes) is 1. The standard InChI is InChI=1S/C11H11NO/c1-2-3-4-7-11(13)10-6-5-8-12-9-10/h1,5-6,8-9H,3-4,7H2. The van der Waals surface area contributed by atoms with Crippen LogP contribution in [0.25, 0.3) is 0 Å². The zero-order chi connectivity index (χ0) is 9.52. The van der Waals surface area contributed by atoms with E-state index in [1.165, 1.54) is 0 Å². The maximum atomic E-state index is 11.4. The molecule has 0 aliphatic heterocycles. The molecule has 13 heavy (non-hydrogen) atoms. The molecule has 1 aromatic heterocycles. The van der Waals surface area contributed by atoms with E-state index in [0.29, 0.717) is 18.4 Å². The lowest BCUT2D eigenvalue weighted by molar-refractivity contribution is 0.0980. The zero-order valence-corrected chi connectivity index (χ0v) is 7.36. The van der Waals surface area contributed by atoms with E-state index in [-0.39, 0.29) is 5.78 Å². The highest BCUT2D eigenvalue weighted by Gasteiger charge is 2.03. The first-order valence-corrected chi connectivity index (χ1v) is 4.21. The highest BCUT2D eigenvalue weighted by Crippen LogP contribution is 2.04. The van der Waals surface area contributed by atoms with Gasteiger partial charge in [0.05, 0.1) is 0 Å². The van der Waals surface area contributed by atoms with Gasteiger partial charge in [-0.05, 0) is 18.6 Å². The molecule has 0 N–H and O–H groups in total. The molecule has 1 heterocycles. The lowest BCUT2D eigenvalue weighted by atomic mass is 10.1. The number of nitrogens with zero attached hydrogens (tertiary/aromatic N) is 1. The van der Waals surface area contributed by atoms with E-state index < -0.39 is 0 Å². The lowest BCUT2D eigenvalue weighted by Gasteiger charge is -1.97. The zero-order valence-electron chi connectivity index (χ0n) is 7.36. The van der Waals surface area contributed by atoms with Gasteiger partial charge < -0.3 is 0 Å². The molecule has 66 valence electrons. The molecule has 0 aromatic carbocycles. The molecule has 2 heteroatoms. The minimum absolute atomic E-state index is 0.114. The normalized spacial score (nSPS) is 9.15. The van der Waals surface area contributed by atoms with Gasteiger partial charge in [0, 0.05) is 30.8 Å². The number of carbonyl (C=O) groups is 1. The molecule has 0 aliphatic carbocycles. The third-order valence-electron chi connectivity index (χ3n) is 1.71. The van der Waals surface area contributed by atoms with E-state index >= 15 is 0 Å². The summed E-state index contributed by atoms with van der Waals surface area (Å²) in [6.07, 6.45) is 10.2. The monoisotopic (exact) mass is 173 g/mol. The van der Waals surface area contributed by atoms with Crippen LogP contribution >= 0.6 is 0 Å². The van der Waals surface area contributed by atoms with Crippen molar-refractivity contribution in [3.8, 4) is 12.3 Å². The quantitative estimate of drug-likeness (QED) is 0.396. The predicted octanol–water partition coefficient (Wildman–Crippen LogP) is 2.07. The molecule has 0 saturated carbocycles. The maximum Gasteiger partial charge on any atom is 0.164 e. The molecule has 0 bridgehead atoms. The van der Waals surface area contributed by atoms with Gasteiger partial charge in [0.2, 0.25) is 0 Å². The number of rotatable bonds is 4. The van der Waals surface area contributed by atoms with Crippen molar-refractivity contribution in [2.45, 2.75) is 19.3 Å². The van der Waals surface area contributed by atoms with Gasteiger partial charge in [-0.2, -0.15) is 0 Å². The van der Waals surface area contributed by atoms with Crippen LogP contribution in [0.2, 0.25) is 0 Å². The fourth-order valence-electron chi connectivity index (χ4n) is 1.02. The third kappa shape index (κ3) is 3.08. The van der Waals surface area contributed by atoms with Crippen LogP contribution < -0.4 is 0 Å². The van der Waals surface area contributed by atoms with Crippen molar-refractivity contribution in [1.82, 2.24) is 4.98 Å². The number of terminal acetylenes is 1. The van der Waals surface area contributed by atoms with Crippen LogP contribution in [0.1, 0.15) is 29.6 Å². The molecule has 0 unspecified atom stereocenters. The van der Waals surface area contributed by atoms with Gasteiger partial charge in [0.25, 0.3) is 0 Å². The average Bonchev–Trinajstić information content (AvgIpc) is 2.19. The largest absolute Gasteiger partial charge is 0.294 e. The van der Waals surface area contributed by atoms with Gasteiger partial charge in [0.1, 0.15) is 0 Å². The minimum Gasteiger partial charge on any atom is -0.294 e.